The van der Waals surface area contributed by atoms with Crippen LogP contribution in [0.1, 0.15) is 31.1 Å². The van der Waals surface area contributed by atoms with Crippen LogP contribution in [0.25, 0.3) is 0 Å². The van der Waals surface area contributed by atoms with Crippen molar-refractivity contribution in [1.29, 1.82) is 0 Å². The van der Waals surface area contributed by atoms with Crippen LogP contribution in [0.15, 0.2) is 18.2 Å². The van der Waals surface area contributed by atoms with E-state index < -0.39 is 5.97 Å². The van der Waals surface area contributed by atoms with Crippen molar-refractivity contribution in [2.24, 2.45) is 5.92 Å². The predicted octanol–water partition coefficient (Wildman–Crippen LogP) is 3.52. The average molecular weight is 256 g/mol. The number of benzene rings is 1. The Morgan fingerprint density at radius 2 is 1.94 bits per heavy atom. The van der Waals surface area contributed by atoms with Gasteiger partial charge in [-0.25, -0.2) is 4.79 Å². The maximum Gasteiger partial charge on any atom is 0.339 e. The van der Waals surface area contributed by atoms with E-state index in [1.165, 1.54) is 0 Å². The molecule has 0 amide bonds. The summed E-state index contributed by atoms with van der Waals surface area (Å²) in [6.45, 7) is 6.27. The van der Waals surface area contributed by atoms with E-state index >= 15 is 0 Å². The third-order valence-electron chi connectivity index (χ3n) is 3.16. The van der Waals surface area contributed by atoms with E-state index in [-0.39, 0.29) is 16.6 Å². The third-order valence-corrected chi connectivity index (χ3v) is 3.48. The second-order valence-electron chi connectivity index (χ2n) is 4.53. The first kappa shape index (κ1) is 13.8. The number of nitrogens with zero attached hydrogens (tertiary/aromatic N) is 1. The molecule has 1 aromatic carbocycles. The van der Waals surface area contributed by atoms with Gasteiger partial charge in [-0.2, -0.15) is 0 Å². The zero-order chi connectivity index (χ0) is 13.2. The first-order valence-electron chi connectivity index (χ1n) is 5.61. The maximum absolute atomic E-state index is 11.2. The summed E-state index contributed by atoms with van der Waals surface area (Å²) in [5.41, 5.74) is 0.829. The van der Waals surface area contributed by atoms with Gasteiger partial charge >= 0.3 is 5.97 Å². The van der Waals surface area contributed by atoms with Crippen molar-refractivity contribution in [3.05, 3.63) is 28.8 Å². The number of hydrogen-bond donors (Lipinski definition) is 1. The van der Waals surface area contributed by atoms with Crippen LogP contribution in [0.5, 0.6) is 0 Å². The average Bonchev–Trinajstić information content (AvgIpc) is 2.25. The molecule has 17 heavy (non-hydrogen) atoms. The first-order valence-corrected chi connectivity index (χ1v) is 5.98. The Bertz CT molecular complexity index is 418. The monoisotopic (exact) mass is 255 g/mol. The molecular weight excluding hydrogens is 238 g/mol. The normalized spacial score (nSPS) is 12.6. The van der Waals surface area contributed by atoms with Gasteiger partial charge in [0.05, 0.1) is 10.7 Å². The maximum atomic E-state index is 11.2. The lowest BCUT2D eigenvalue weighted by atomic mass is 10.0. The quantitative estimate of drug-likeness (QED) is 0.895. The van der Waals surface area contributed by atoms with Gasteiger partial charge in [0.15, 0.2) is 0 Å². The number of carbonyl (C=O) groups is 1. The minimum Gasteiger partial charge on any atom is -0.478 e. The number of halogens is 1. The van der Waals surface area contributed by atoms with Gasteiger partial charge in [-0.05, 0) is 25.0 Å². The van der Waals surface area contributed by atoms with Crippen LogP contribution < -0.4 is 4.90 Å². The second kappa shape index (κ2) is 5.41. The number of anilines is 1. The molecule has 0 bridgehead atoms. The fourth-order valence-corrected chi connectivity index (χ4v) is 1.94. The fourth-order valence-electron chi connectivity index (χ4n) is 1.68. The highest BCUT2D eigenvalue weighted by atomic mass is 35.5. The lowest BCUT2D eigenvalue weighted by Gasteiger charge is -2.31. The molecule has 1 unspecified atom stereocenters. The van der Waals surface area contributed by atoms with Crippen molar-refractivity contribution in [3.63, 3.8) is 0 Å². The molecule has 1 aromatic rings. The number of rotatable bonds is 4. The molecule has 94 valence electrons. The molecule has 0 radical (unpaired) electrons. The molecule has 0 aliphatic heterocycles. The number of carboxylic acid groups (broad SMARTS) is 1. The summed E-state index contributed by atoms with van der Waals surface area (Å²) >= 11 is 5.95. The van der Waals surface area contributed by atoms with Crippen LogP contribution in [-0.2, 0) is 0 Å². The Labute approximate surface area is 107 Å². The lowest BCUT2D eigenvalue weighted by Crippen LogP contribution is -2.34. The van der Waals surface area contributed by atoms with Crippen LogP contribution in [0.4, 0.5) is 5.69 Å². The van der Waals surface area contributed by atoms with Crippen LogP contribution in [-0.4, -0.2) is 24.2 Å². The van der Waals surface area contributed by atoms with E-state index in [4.69, 9.17) is 11.6 Å². The standard InChI is InChI=1S/C13H18ClNO2/c1-8(2)9(3)15(4)11-7-5-6-10(14)12(11)13(16)17/h5-9H,1-4H3,(H,16,17). The van der Waals surface area contributed by atoms with Crippen molar-refractivity contribution < 1.29 is 9.90 Å². The molecule has 0 spiro atoms. The first-order chi connectivity index (χ1) is 7.86. The highest BCUT2D eigenvalue weighted by Gasteiger charge is 2.21. The van der Waals surface area contributed by atoms with Crippen LogP contribution >= 0.6 is 11.6 Å². The smallest absolute Gasteiger partial charge is 0.339 e. The summed E-state index contributed by atoms with van der Waals surface area (Å²) in [6, 6.07) is 5.40. The minimum atomic E-state index is -0.992. The molecule has 0 aromatic heterocycles. The third kappa shape index (κ3) is 2.91. The van der Waals surface area contributed by atoms with Gasteiger partial charge in [0.25, 0.3) is 0 Å². The number of aromatic carboxylic acids is 1. The molecule has 0 aliphatic carbocycles. The highest BCUT2D eigenvalue weighted by Crippen LogP contribution is 2.29. The largest absolute Gasteiger partial charge is 0.478 e. The zero-order valence-corrected chi connectivity index (χ0v) is 11.3. The summed E-state index contributed by atoms with van der Waals surface area (Å²) < 4.78 is 0. The molecule has 4 heteroatoms. The number of carboxylic acids is 1. The van der Waals surface area contributed by atoms with E-state index in [2.05, 4.69) is 20.8 Å². The van der Waals surface area contributed by atoms with E-state index in [1.807, 2.05) is 11.9 Å². The van der Waals surface area contributed by atoms with Crippen molar-refractivity contribution in [3.8, 4) is 0 Å². The molecule has 0 saturated heterocycles. The van der Waals surface area contributed by atoms with E-state index in [0.717, 1.165) is 0 Å². The SMILES string of the molecule is CC(C)C(C)N(C)c1cccc(Cl)c1C(=O)O. The number of hydrogen-bond acceptors (Lipinski definition) is 2. The Morgan fingerprint density at radius 1 is 1.35 bits per heavy atom. The fraction of sp³-hybridized carbons (Fsp3) is 0.462. The summed E-state index contributed by atoms with van der Waals surface area (Å²) in [6.07, 6.45) is 0. The van der Waals surface area contributed by atoms with Crippen LogP contribution in [0, 0.1) is 5.92 Å². The molecule has 0 fully saturated rings. The molecule has 1 rings (SSSR count). The lowest BCUT2D eigenvalue weighted by molar-refractivity contribution is 0.0697. The van der Waals surface area contributed by atoms with E-state index in [0.29, 0.717) is 11.6 Å². The molecule has 0 saturated carbocycles. The summed E-state index contributed by atoms with van der Waals surface area (Å²) in [5, 5.41) is 9.48. The van der Waals surface area contributed by atoms with Crippen molar-refractivity contribution >= 4 is 23.3 Å². The Balaban J connectivity index is 3.22. The second-order valence-corrected chi connectivity index (χ2v) is 4.94. The molecular formula is C13H18ClNO2. The van der Waals surface area contributed by atoms with Gasteiger partial charge in [0.2, 0.25) is 0 Å². The van der Waals surface area contributed by atoms with Crippen LogP contribution in [0.2, 0.25) is 5.02 Å². The summed E-state index contributed by atoms with van der Waals surface area (Å²) in [5.74, 6) is -0.561. The predicted molar refractivity (Wildman–Crippen MR) is 71.1 cm³/mol. The summed E-state index contributed by atoms with van der Waals surface area (Å²) in [4.78, 5) is 13.2. The van der Waals surface area contributed by atoms with Crippen LogP contribution in [0.3, 0.4) is 0 Å². The molecule has 1 N–H and O–H groups in total. The Kier molecular flexibility index (Phi) is 4.40. The zero-order valence-electron chi connectivity index (χ0n) is 10.6. The highest BCUT2D eigenvalue weighted by molar-refractivity contribution is 6.34. The Morgan fingerprint density at radius 3 is 2.41 bits per heavy atom. The van der Waals surface area contributed by atoms with Gasteiger partial charge < -0.3 is 10.0 Å². The van der Waals surface area contributed by atoms with Crippen molar-refractivity contribution in [2.45, 2.75) is 26.8 Å². The van der Waals surface area contributed by atoms with Gasteiger partial charge in [0, 0.05) is 13.1 Å². The van der Waals surface area contributed by atoms with E-state index in [9.17, 15) is 9.90 Å². The Hall–Kier alpha value is -1.22. The molecule has 0 aliphatic rings. The topological polar surface area (TPSA) is 40.5 Å². The van der Waals surface area contributed by atoms with Gasteiger partial charge in [-0.1, -0.05) is 31.5 Å². The van der Waals surface area contributed by atoms with Crippen molar-refractivity contribution in [1.82, 2.24) is 0 Å². The molecule has 0 heterocycles. The minimum absolute atomic E-state index is 0.171. The van der Waals surface area contributed by atoms with Gasteiger partial charge in [-0.15, -0.1) is 0 Å². The van der Waals surface area contributed by atoms with E-state index in [1.54, 1.807) is 18.2 Å². The van der Waals surface area contributed by atoms with Gasteiger partial charge in [0.1, 0.15) is 5.56 Å². The van der Waals surface area contributed by atoms with Crippen molar-refractivity contribution in [2.75, 3.05) is 11.9 Å². The molecule has 3 nitrogen and oxygen atoms in total. The van der Waals surface area contributed by atoms with Gasteiger partial charge in [-0.3, -0.25) is 0 Å². The molecule has 1 atom stereocenters. The summed E-state index contributed by atoms with van der Waals surface area (Å²) in [7, 11) is 1.89.